The molecule has 7 nitrogen and oxygen atoms in total. The Hall–Kier alpha value is -2.00. The second kappa shape index (κ2) is 12.3. The lowest BCUT2D eigenvalue weighted by atomic mass is 9.85. The van der Waals surface area contributed by atoms with E-state index in [2.05, 4.69) is 40.7 Å². The molecule has 3 aliphatic rings. The molecule has 0 aromatic rings. The molecule has 0 radical (unpaired) electrons. The first kappa shape index (κ1) is 27.6. The van der Waals surface area contributed by atoms with Gasteiger partial charge in [0.15, 0.2) is 0 Å². The Morgan fingerprint density at radius 3 is 2.34 bits per heavy atom. The Labute approximate surface area is 209 Å². The van der Waals surface area contributed by atoms with Crippen LogP contribution < -0.4 is 5.32 Å². The van der Waals surface area contributed by atoms with E-state index in [0.29, 0.717) is 32.0 Å². The molecule has 9 heteroatoms. The summed E-state index contributed by atoms with van der Waals surface area (Å²) < 4.78 is 35.3. The van der Waals surface area contributed by atoms with Crippen LogP contribution in [-0.4, -0.2) is 97.9 Å². The molecule has 3 rings (SSSR count). The number of alkyl halides is 2. The number of methoxy groups -OCH3 is 1. The molecule has 1 aliphatic carbocycles. The van der Waals surface area contributed by atoms with Crippen LogP contribution in [-0.2, 0) is 4.74 Å². The zero-order valence-corrected chi connectivity index (χ0v) is 21.8. The van der Waals surface area contributed by atoms with Crippen molar-refractivity contribution in [3.8, 4) is 0 Å². The van der Waals surface area contributed by atoms with Crippen LogP contribution in [0.2, 0.25) is 0 Å². The monoisotopic (exact) mass is 495 g/mol. The van der Waals surface area contributed by atoms with Gasteiger partial charge in [-0.3, -0.25) is 14.8 Å². The van der Waals surface area contributed by atoms with E-state index in [1.54, 1.807) is 12.0 Å². The van der Waals surface area contributed by atoms with Crippen molar-refractivity contribution in [2.24, 2.45) is 10.9 Å². The normalized spacial score (nSPS) is 27.7. The number of rotatable bonds is 7. The van der Waals surface area contributed by atoms with Crippen molar-refractivity contribution in [1.82, 2.24) is 20.0 Å². The quantitative estimate of drug-likeness (QED) is 0.328. The van der Waals surface area contributed by atoms with E-state index in [0.717, 1.165) is 50.5 Å². The summed E-state index contributed by atoms with van der Waals surface area (Å²) in [6.07, 6.45) is 6.21. The molecule has 2 atom stereocenters. The number of nitrogens with zero attached hydrogens (tertiary/aromatic N) is 4. The summed E-state index contributed by atoms with van der Waals surface area (Å²) in [5.41, 5.74) is 0.862. The number of allylic oxidation sites excluding steroid dienone is 4. The van der Waals surface area contributed by atoms with Gasteiger partial charge in [0.1, 0.15) is 6.04 Å². The Morgan fingerprint density at radius 1 is 1.11 bits per heavy atom. The van der Waals surface area contributed by atoms with Crippen molar-refractivity contribution >= 4 is 12.7 Å². The van der Waals surface area contributed by atoms with Gasteiger partial charge in [-0.2, -0.15) is 0 Å². The van der Waals surface area contributed by atoms with Crippen LogP contribution in [0.1, 0.15) is 52.9 Å². The molecular weight excluding hydrogens is 452 g/mol. The number of hydrogen-bond donors (Lipinski definition) is 1. The van der Waals surface area contributed by atoms with E-state index < -0.39 is 12.0 Å². The highest BCUT2D eigenvalue weighted by Gasteiger charge is 2.50. The van der Waals surface area contributed by atoms with Crippen LogP contribution in [0.4, 0.5) is 13.6 Å². The van der Waals surface area contributed by atoms with E-state index >= 15 is 8.78 Å². The largest absolute Gasteiger partial charge is 0.501 e. The zero-order chi connectivity index (χ0) is 25.6. The van der Waals surface area contributed by atoms with Crippen molar-refractivity contribution in [3.05, 3.63) is 23.6 Å². The summed E-state index contributed by atoms with van der Waals surface area (Å²) in [4.78, 5) is 23.5. The smallest absolute Gasteiger partial charge is 0.317 e. The second-order valence-corrected chi connectivity index (χ2v) is 10.3. The lowest BCUT2D eigenvalue weighted by Crippen LogP contribution is -2.66. The number of hydrogen-bond acceptors (Lipinski definition) is 5. The average molecular weight is 496 g/mol. The van der Waals surface area contributed by atoms with Crippen molar-refractivity contribution in [2.45, 2.75) is 76.9 Å². The van der Waals surface area contributed by atoms with Crippen LogP contribution in [0, 0.1) is 5.92 Å². The van der Waals surface area contributed by atoms with Crippen LogP contribution in [0.3, 0.4) is 0 Å². The number of amides is 2. The van der Waals surface area contributed by atoms with Gasteiger partial charge >= 0.3 is 6.03 Å². The number of aliphatic imine (C=N–C) groups is 1. The summed E-state index contributed by atoms with van der Waals surface area (Å²) in [7, 11) is 1.61. The number of nitrogens with one attached hydrogen (secondary N) is 1. The molecular formula is C26H43F2N5O2. The molecule has 35 heavy (non-hydrogen) atoms. The van der Waals surface area contributed by atoms with Crippen LogP contribution in [0.25, 0.3) is 0 Å². The third-order valence-electron chi connectivity index (χ3n) is 7.87. The number of piperidine rings is 1. The minimum atomic E-state index is -2.90. The first-order valence-electron chi connectivity index (χ1n) is 13.0. The predicted molar refractivity (Wildman–Crippen MR) is 136 cm³/mol. The lowest BCUT2D eigenvalue weighted by molar-refractivity contribution is -0.0973. The molecule has 3 fully saturated rings. The number of carbonyl (C=O) groups is 1. The number of piperazine rings is 1. The SMILES string of the molecule is C=N/C(=C\C=C(/C)OC)C1CCN(C(=O)N[C@@H]2[C@@H](N3CCN(C(C)C)CC3)CCCC2(F)F)CC1. The molecule has 0 bridgehead atoms. The molecule has 0 aromatic carbocycles. The van der Waals surface area contributed by atoms with E-state index in [-0.39, 0.29) is 24.4 Å². The Morgan fingerprint density at radius 2 is 1.77 bits per heavy atom. The molecule has 1 saturated carbocycles. The highest BCUT2D eigenvalue weighted by atomic mass is 19.3. The number of carbonyl (C=O) groups excluding carboxylic acids is 1. The van der Waals surface area contributed by atoms with Gasteiger partial charge in [-0.05, 0) is 65.3 Å². The molecule has 2 heterocycles. The van der Waals surface area contributed by atoms with Gasteiger partial charge in [0.25, 0.3) is 5.92 Å². The molecule has 2 aliphatic heterocycles. The fourth-order valence-electron chi connectivity index (χ4n) is 5.52. The summed E-state index contributed by atoms with van der Waals surface area (Å²) in [5.74, 6) is -1.95. The van der Waals surface area contributed by atoms with E-state index in [4.69, 9.17) is 4.74 Å². The van der Waals surface area contributed by atoms with Gasteiger partial charge in [-0.1, -0.05) is 0 Å². The fourth-order valence-corrected chi connectivity index (χ4v) is 5.52. The second-order valence-electron chi connectivity index (χ2n) is 10.3. The highest BCUT2D eigenvalue weighted by Crippen LogP contribution is 2.37. The lowest BCUT2D eigenvalue weighted by Gasteiger charge is -2.47. The van der Waals surface area contributed by atoms with Gasteiger partial charge in [0.05, 0.1) is 12.9 Å². The van der Waals surface area contributed by atoms with Gasteiger partial charge in [0.2, 0.25) is 0 Å². The van der Waals surface area contributed by atoms with E-state index in [9.17, 15) is 4.79 Å². The molecule has 198 valence electrons. The maximum atomic E-state index is 15.1. The van der Waals surface area contributed by atoms with Gasteiger partial charge < -0.3 is 15.0 Å². The number of likely N-dealkylation sites (tertiary alicyclic amines) is 1. The maximum Gasteiger partial charge on any atom is 0.317 e. The minimum Gasteiger partial charge on any atom is -0.501 e. The summed E-state index contributed by atoms with van der Waals surface area (Å²) in [5, 5.41) is 2.77. The molecule has 1 N–H and O–H groups in total. The molecule has 2 amide bonds. The molecule has 0 unspecified atom stereocenters. The third-order valence-corrected chi connectivity index (χ3v) is 7.87. The van der Waals surface area contributed by atoms with Crippen molar-refractivity contribution in [2.75, 3.05) is 46.4 Å². The third kappa shape index (κ3) is 7.03. The molecule has 0 spiro atoms. The van der Waals surface area contributed by atoms with Crippen LogP contribution >= 0.6 is 0 Å². The fraction of sp³-hybridized carbons (Fsp3) is 0.769. The summed E-state index contributed by atoms with van der Waals surface area (Å²) >= 11 is 0. The Kier molecular flexibility index (Phi) is 9.69. The van der Waals surface area contributed by atoms with Crippen molar-refractivity contribution in [1.29, 1.82) is 0 Å². The first-order valence-corrected chi connectivity index (χ1v) is 13.0. The van der Waals surface area contributed by atoms with Gasteiger partial charge in [-0.25, -0.2) is 13.6 Å². The van der Waals surface area contributed by atoms with E-state index in [1.165, 1.54) is 0 Å². The maximum absolute atomic E-state index is 15.1. The number of ether oxygens (including phenoxy) is 1. The highest BCUT2D eigenvalue weighted by molar-refractivity contribution is 5.75. The zero-order valence-electron chi connectivity index (χ0n) is 21.8. The standard InChI is InChI=1S/C26H43F2N5O2/c1-19(2)31-15-17-32(18-16-31)23-7-6-12-26(27,28)24(23)30-25(34)33-13-10-21(11-14-33)22(29-4)9-8-20(3)35-5/h8-9,19,21,23-24H,4,6-7,10-18H2,1-3,5H3,(H,30,34)/b20-8+,22-9-/t23-,24+/m0/s1. The predicted octanol–water partition coefficient (Wildman–Crippen LogP) is 4.13. The average Bonchev–Trinajstić information content (AvgIpc) is 2.85. The minimum absolute atomic E-state index is 0.171. The first-order chi connectivity index (χ1) is 16.7. The van der Waals surface area contributed by atoms with Gasteiger partial charge in [0, 0.05) is 69.4 Å². The van der Waals surface area contributed by atoms with Crippen molar-refractivity contribution < 1.29 is 18.3 Å². The summed E-state index contributed by atoms with van der Waals surface area (Å²) in [6.45, 7) is 14.2. The van der Waals surface area contributed by atoms with Crippen LogP contribution in [0.15, 0.2) is 28.6 Å². The molecule has 2 saturated heterocycles. The summed E-state index contributed by atoms with van der Waals surface area (Å²) in [6, 6.07) is -1.41. The molecule has 0 aromatic heterocycles. The van der Waals surface area contributed by atoms with Crippen LogP contribution in [0.5, 0.6) is 0 Å². The number of halogens is 2. The topological polar surface area (TPSA) is 60.4 Å². The Bertz CT molecular complexity index is 785. The van der Waals surface area contributed by atoms with Crippen molar-refractivity contribution in [3.63, 3.8) is 0 Å². The van der Waals surface area contributed by atoms with Gasteiger partial charge in [-0.15, -0.1) is 0 Å². The Balaban J connectivity index is 1.60. The van der Waals surface area contributed by atoms with E-state index in [1.807, 2.05) is 19.1 Å². The number of urea groups is 1.